The monoisotopic (exact) mass is 338 g/mol. The molecule has 24 heavy (non-hydrogen) atoms. The van der Waals surface area contributed by atoms with Crippen LogP contribution in [0.5, 0.6) is 0 Å². The molecule has 5 nitrogen and oxygen atoms in total. The molecule has 3 atom stereocenters. The summed E-state index contributed by atoms with van der Waals surface area (Å²) >= 11 is 0. The number of rotatable bonds is 6. The van der Waals surface area contributed by atoms with Gasteiger partial charge in [-0.05, 0) is 65.7 Å². The lowest BCUT2D eigenvalue weighted by atomic mass is 9.87. The summed E-state index contributed by atoms with van der Waals surface area (Å²) < 4.78 is 11.8. The summed E-state index contributed by atoms with van der Waals surface area (Å²) in [4.78, 5) is 17.0. The van der Waals surface area contributed by atoms with Crippen molar-refractivity contribution in [1.29, 1.82) is 0 Å². The van der Waals surface area contributed by atoms with Gasteiger partial charge in [0.05, 0.1) is 18.6 Å². The molecule has 2 saturated heterocycles. The lowest BCUT2D eigenvalue weighted by Gasteiger charge is -2.52. The number of esters is 1. The Labute approximate surface area is 146 Å². The van der Waals surface area contributed by atoms with E-state index >= 15 is 0 Å². The van der Waals surface area contributed by atoms with E-state index in [2.05, 4.69) is 23.6 Å². The summed E-state index contributed by atoms with van der Waals surface area (Å²) in [5.74, 6) is 0.0638. The Bertz CT molecular complexity index is 409. The van der Waals surface area contributed by atoms with Gasteiger partial charge in [0.1, 0.15) is 0 Å². The van der Waals surface area contributed by atoms with Gasteiger partial charge in [-0.1, -0.05) is 0 Å². The van der Waals surface area contributed by atoms with Crippen LogP contribution in [-0.4, -0.2) is 60.0 Å². The van der Waals surface area contributed by atoms with Gasteiger partial charge in [0.15, 0.2) is 6.35 Å². The van der Waals surface area contributed by atoms with E-state index in [9.17, 15) is 4.79 Å². The van der Waals surface area contributed by atoms with E-state index in [0.717, 1.165) is 38.8 Å². The van der Waals surface area contributed by atoms with Crippen LogP contribution in [0.25, 0.3) is 0 Å². The van der Waals surface area contributed by atoms with E-state index in [0.29, 0.717) is 18.7 Å². The van der Waals surface area contributed by atoms with Gasteiger partial charge in [-0.2, -0.15) is 0 Å². The quantitative estimate of drug-likeness (QED) is 0.697. The molecule has 138 valence electrons. The molecule has 1 unspecified atom stereocenters. The topological polar surface area (TPSA) is 42.0 Å². The lowest BCUT2D eigenvalue weighted by molar-refractivity contribution is -0.229. The van der Waals surface area contributed by atoms with Crippen LogP contribution in [0, 0.1) is 5.92 Å². The number of carbonyl (C=O) groups excluding carboxylic acids is 1. The maximum Gasteiger partial charge on any atom is 0.308 e. The van der Waals surface area contributed by atoms with Crippen LogP contribution in [0.15, 0.2) is 0 Å². The predicted molar refractivity (Wildman–Crippen MR) is 93.4 cm³/mol. The zero-order valence-corrected chi connectivity index (χ0v) is 15.6. The molecule has 1 saturated carbocycles. The Morgan fingerprint density at radius 2 is 1.71 bits per heavy atom. The first kappa shape index (κ1) is 18.2. The van der Waals surface area contributed by atoms with Gasteiger partial charge >= 0.3 is 5.97 Å². The highest BCUT2D eigenvalue weighted by Gasteiger charge is 2.42. The average Bonchev–Trinajstić information content (AvgIpc) is 3.09. The third-order valence-corrected chi connectivity index (χ3v) is 6.02. The molecule has 3 rings (SSSR count). The smallest absolute Gasteiger partial charge is 0.308 e. The second-order valence-corrected chi connectivity index (χ2v) is 7.81. The summed E-state index contributed by atoms with van der Waals surface area (Å²) in [5.41, 5.74) is 0. The normalized spacial score (nSPS) is 36.3. The Hall–Kier alpha value is -0.650. The number of hydrogen-bond donors (Lipinski definition) is 0. The highest BCUT2D eigenvalue weighted by Crippen LogP contribution is 2.34. The fraction of sp³-hybridized carbons (Fsp3) is 0.947. The highest BCUT2D eigenvalue weighted by molar-refractivity contribution is 5.72. The maximum absolute atomic E-state index is 11.9. The molecule has 0 spiro atoms. The minimum atomic E-state index is -0.0166. The SMILES string of the molecule is CCOC(=O)C1CCC(OC(N2CCCC2)N2[C@@H](C)C[C@@H]2C)CC1. The van der Waals surface area contributed by atoms with E-state index in [1.807, 2.05) is 6.92 Å². The molecule has 0 amide bonds. The first-order valence-corrected chi connectivity index (χ1v) is 9.93. The van der Waals surface area contributed by atoms with Crippen molar-refractivity contribution in [2.75, 3.05) is 19.7 Å². The van der Waals surface area contributed by atoms with E-state index in [-0.39, 0.29) is 24.3 Å². The molecule has 3 fully saturated rings. The minimum absolute atomic E-state index is 0.0166. The molecule has 0 aromatic heterocycles. The van der Waals surface area contributed by atoms with Gasteiger partial charge in [0.2, 0.25) is 0 Å². The van der Waals surface area contributed by atoms with Crippen LogP contribution < -0.4 is 0 Å². The highest BCUT2D eigenvalue weighted by atomic mass is 16.5. The Morgan fingerprint density at radius 3 is 2.25 bits per heavy atom. The molecule has 0 aromatic carbocycles. The Kier molecular flexibility index (Phi) is 6.17. The molecule has 1 aliphatic carbocycles. The van der Waals surface area contributed by atoms with Crippen molar-refractivity contribution in [3.05, 3.63) is 0 Å². The molecule has 2 aliphatic heterocycles. The van der Waals surface area contributed by atoms with Crippen molar-refractivity contribution in [3.8, 4) is 0 Å². The van der Waals surface area contributed by atoms with Crippen LogP contribution in [0.2, 0.25) is 0 Å². The Balaban J connectivity index is 1.55. The zero-order valence-electron chi connectivity index (χ0n) is 15.6. The zero-order chi connectivity index (χ0) is 17.1. The first-order chi connectivity index (χ1) is 11.6. The number of carbonyl (C=O) groups is 1. The van der Waals surface area contributed by atoms with Gasteiger partial charge in [0, 0.05) is 25.2 Å². The Morgan fingerprint density at radius 1 is 1.08 bits per heavy atom. The summed E-state index contributed by atoms with van der Waals surface area (Å²) in [6, 6.07) is 1.22. The van der Waals surface area contributed by atoms with Crippen molar-refractivity contribution in [3.63, 3.8) is 0 Å². The minimum Gasteiger partial charge on any atom is -0.466 e. The number of likely N-dealkylation sites (tertiary alicyclic amines) is 2. The summed E-state index contributed by atoms with van der Waals surface area (Å²) in [5, 5.41) is 0. The van der Waals surface area contributed by atoms with Crippen molar-refractivity contribution in [1.82, 2.24) is 9.80 Å². The van der Waals surface area contributed by atoms with Crippen molar-refractivity contribution < 1.29 is 14.3 Å². The molecule has 0 aromatic rings. The van der Waals surface area contributed by atoms with Crippen LogP contribution >= 0.6 is 0 Å². The number of nitrogens with zero attached hydrogens (tertiary/aromatic N) is 2. The maximum atomic E-state index is 11.9. The van der Waals surface area contributed by atoms with Crippen LogP contribution in [0.1, 0.15) is 65.7 Å². The van der Waals surface area contributed by atoms with Gasteiger partial charge in [-0.3, -0.25) is 14.6 Å². The fourth-order valence-electron chi connectivity index (χ4n) is 4.64. The molecule has 0 radical (unpaired) electrons. The second-order valence-electron chi connectivity index (χ2n) is 7.81. The van der Waals surface area contributed by atoms with Gasteiger partial charge in [-0.15, -0.1) is 0 Å². The molecule has 2 heterocycles. The summed E-state index contributed by atoms with van der Waals surface area (Å²) in [7, 11) is 0. The fourth-order valence-corrected chi connectivity index (χ4v) is 4.64. The summed E-state index contributed by atoms with van der Waals surface area (Å²) in [6.45, 7) is 9.28. The van der Waals surface area contributed by atoms with Gasteiger partial charge in [-0.25, -0.2) is 0 Å². The number of ether oxygens (including phenoxy) is 2. The molecule has 0 bridgehead atoms. The summed E-state index contributed by atoms with van der Waals surface area (Å²) in [6.07, 6.45) is 8.01. The second kappa shape index (κ2) is 8.15. The third-order valence-electron chi connectivity index (χ3n) is 6.02. The van der Waals surface area contributed by atoms with E-state index < -0.39 is 0 Å². The van der Waals surface area contributed by atoms with Crippen molar-refractivity contribution in [2.24, 2.45) is 5.92 Å². The number of hydrogen-bond acceptors (Lipinski definition) is 5. The molecular formula is C19H34N2O3. The average molecular weight is 338 g/mol. The largest absolute Gasteiger partial charge is 0.466 e. The molecule has 0 N–H and O–H groups in total. The van der Waals surface area contributed by atoms with Gasteiger partial charge in [0.25, 0.3) is 0 Å². The van der Waals surface area contributed by atoms with Crippen molar-refractivity contribution >= 4 is 5.97 Å². The van der Waals surface area contributed by atoms with Crippen LogP contribution in [0.3, 0.4) is 0 Å². The van der Waals surface area contributed by atoms with Crippen LogP contribution in [-0.2, 0) is 14.3 Å². The van der Waals surface area contributed by atoms with Gasteiger partial charge < -0.3 is 9.47 Å². The molecular weight excluding hydrogens is 304 g/mol. The lowest BCUT2D eigenvalue weighted by Crippen LogP contribution is -2.63. The van der Waals surface area contributed by atoms with E-state index in [1.165, 1.54) is 19.3 Å². The predicted octanol–water partition coefficient (Wildman–Crippen LogP) is 2.99. The van der Waals surface area contributed by atoms with E-state index in [1.54, 1.807) is 0 Å². The third kappa shape index (κ3) is 3.94. The molecule has 5 heteroatoms. The van der Waals surface area contributed by atoms with Crippen molar-refractivity contribution in [2.45, 2.75) is 90.3 Å². The van der Waals surface area contributed by atoms with E-state index in [4.69, 9.17) is 9.47 Å². The standard InChI is InChI=1S/C19H34N2O3/c1-4-23-18(22)16-7-9-17(10-8-16)24-19(20-11-5-6-12-20)21-14(2)13-15(21)3/h14-17,19H,4-13H2,1-3H3/t14-,15-,16?,17?,19?/m0/s1. The molecule has 3 aliphatic rings. The first-order valence-electron chi connectivity index (χ1n) is 9.93. The van der Waals surface area contributed by atoms with Crippen LogP contribution in [0.4, 0.5) is 0 Å².